The summed E-state index contributed by atoms with van der Waals surface area (Å²) in [6.07, 6.45) is 3.57. The second-order valence-electron chi connectivity index (χ2n) is 10.6. The van der Waals surface area contributed by atoms with Crippen molar-refractivity contribution in [2.75, 3.05) is 38.6 Å². The zero-order chi connectivity index (χ0) is 27.6. The molecule has 0 spiro atoms. The molecule has 1 aromatic heterocycles. The van der Waals surface area contributed by atoms with Gasteiger partial charge in [-0.15, -0.1) is 0 Å². The van der Waals surface area contributed by atoms with E-state index in [1.165, 1.54) is 11.8 Å². The van der Waals surface area contributed by atoms with Gasteiger partial charge in [-0.05, 0) is 37.3 Å². The Labute approximate surface area is 234 Å². The van der Waals surface area contributed by atoms with Crippen LogP contribution in [0.4, 0.5) is 0 Å². The van der Waals surface area contributed by atoms with Crippen LogP contribution in [0.25, 0.3) is 0 Å². The number of hydrogen-bond donors (Lipinski definition) is 2. The molecule has 1 unspecified atom stereocenters. The number of rotatable bonds is 11. The number of benzene rings is 1. The summed E-state index contributed by atoms with van der Waals surface area (Å²) >= 11 is 1.46. The van der Waals surface area contributed by atoms with Gasteiger partial charge in [0.05, 0.1) is 19.1 Å². The molecule has 10 nitrogen and oxygen atoms in total. The smallest absolute Gasteiger partial charge is 0.285 e. The number of carbonyl (C=O) groups is 3. The Morgan fingerprint density at radius 2 is 1.85 bits per heavy atom. The molecule has 2 aromatic rings. The fourth-order valence-electron chi connectivity index (χ4n) is 5.07. The average molecular weight is 558 g/mol. The van der Waals surface area contributed by atoms with Gasteiger partial charge in [0.2, 0.25) is 11.8 Å². The minimum Gasteiger partial charge on any atom is -0.379 e. The van der Waals surface area contributed by atoms with E-state index in [9.17, 15) is 14.4 Å². The normalized spacial score (nSPS) is 20.9. The lowest BCUT2D eigenvalue weighted by molar-refractivity contribution is -0.134. The van der Waals surface area contributed by atoms with Crippen LogP contribution >= 0.6 is 11.8 Å². The van der Waals surface area contributed by atoms with Crippen molar-refractivity contribution in [2.24, 2.45) is 11.8 Å². The Hall–Kier alpha value is -2.76. The van der Waals surface area contributed by atoms with Gasteiger partial charge >= 0.3 is 0 Å². The van der Waals surface area contributed by atoms with Crippen molar-refractivity contribution in [3.05, 3.63) is 41.7 Å². The van der Waals surface area contributed by atoms with Gasteiger partial charge in [0.25, 0.3) is 11.1 Å². The van der Waals surface area contributed by atoms with Crippen molar-refractivity contribution >= 4 is 29.5 Å². The van der Waals surface area contributed by atoms with E-state index in [4.69, 9.17) is 9.26 Å². The molecule has 1 aliphatic heterocycles. The molecule has 3 amide bonds. The van der Waals surface area contributed by atoms with Crippen LogP contribution in [0, 0.1) is 11.8 Å². The summed E-state index contributed by atoms with van der Waals surface area (Å²) in [6.45, 7) is 8.24. The number of nitrogens with one attached hydrogen (secondary N) is 2. The molecule has 0 bridgehead atoms. The maximum absolute atomic E-state index is 13.3. The van der Waals surface area contributed by atoms with Crippen LogP contribution in [0.3, 0.4) is 0 Å². The van der Waals surface area contributed by atoms with Crippen LogP contribution in [0.1, 0.15) is 68.1 Å². The Bertz CT molecular complexity index is 1090. The number of carbonyl (C=O) groups excluding carboxylic acids is 3. The second kappa shape index (κ2) is 14.6. The van der Waals surface area contributed by atoms with E-state index in [0.29, 0.717) is 35.9 Å². The lowest BCUT2D eigenvalue weighted by atomic mass is 9.83. The number of thioether (sulfide) groups is 1. The molecule has 2 aliphatic rings. The molecule has 1 saturated carbocycles. The summed E-state index contributed by atoms with van der Waals surface area (Å²) in [5.74, 6) is -0.930. The van der Waals surface area contributed by atoms with Crippen molar-refractivity contribution in [1.29, 1.82) is 0 Å². The van der Waals surface area contributed by atoms with Crippen molar-refractivity contribution in [3.63, 3.8) is 0 Å². The van der Waals surface area contributed by atoms with Crippen LogP contribution in [-0.4, -0.2) is 77.4 Å². The maximum Gasteiger partial charge on any atom is 0.285 e. The van der Waals surface area contributed by atoms with Gasteiger partial charge in [-0.25, -0.2) is 0 Å². The summed E-state index contributed by atoms with van der Waals surface area (Å²) in [6, 6.07) is 8.62. The molecule has 11 heteroatoms. The monoisotopic (exact) mass is 557 g/mol. The van der Waals surface area contributed by atoms with Crippen molar-refractivity contribution in [2.45, 2.75) is 63.1 Å². The third-order valence-electron chi connectivity index (χ3n) is 7.20. The van der Waals surface area contributed by atoms with Crippen LogP contribution in [-0.2, 0) is 14.3 Å². The summed E-state index contributed by atoms with van der Waals surface area (Å²) in [7, 11) is 0. The van der Waals surface area contributed by atoms with Gasteiger partial charge in [-0.3, -0.25) is 24.6 Å². The third kappa shape index (κ3) is 8.61. The lowest BCUT2D eigenvalue weighted by Gasteiger charge is -2.31. The maximum atomic E-state index is 13.3. The van der Waals surface area contributed by atoms with Gasteiger partial charge in [0.15, 0.2) is 5.82 Å². The van der Waals surface area contributed by atoms with Gasteiger partial charge in [0, 0.05) is 37.0 Å². The van der Waals surface area contributed by atoms with Crippen molar-refractivity contribution in [1.82, 2.24) is 25.7 Å². The molecule has 0 radical (unpaired) electrons. The van der Waals surface area contributed by atoms with E-state index in [0.717, 1.165) is 51.4 Å². The number of nitrogens with zero attached hydrogens (tertiary/aromatic N) is 3. The largest absolute Gasteiger partial charge is 0.379 e. The molecule has 2 N–H and O–H groups in total. The van der Waals surface area contributed by atoms with Crippen LogP contribution in [0.5, 0.6) is 0 Å². The summed E-state index contributed by atoms with van der Waals surface area (Å²) in [5.41, 5.74) is 0.547. The van der Waals surface area contributed by atoms with E-state index < -0.39 is 17.7 Å². The SMILES string of the molecule is CC(C)CC(C(=O)NC(=O)[C@@H]1CCCC[C@@H]1NC(=O)c1ccccc1)c1noc(SCCN2CCOCC2)n1. The fraction of sp³-hybridized carbons (Fsp3) is 0.607. The highest BCUT2D eigenvalue weighted by molar-refractivity contribution is 7.99. The van der Waals surface area contributed by atoms with Crippen molar-refractivity contribution in [3.8, 4) is 0 Å². The van der Waals surface area contributed by atoms with Crippen LogP contribution in [0.2, 0.25) is 0 Å². The summed E-state index contributed by atoms with van der Waals surface area (Å²) < 4.78 is 10.8. The Morgan fingerprint density at radius 1 is 1.10 bits per heavy atom. The third-order valence-corrected chi connectivity index (χ3v) is 8.00. The molecule has 2 heterocycles. The van der Waals surface area contributed by atoms with E-state index in [2.05, 4.69) is 25.7 Å². The molecule has 1 saturated heterocycles. The van der Waals surface area contributed by atoms with Crippen LogP contribution in [0.15, 0.2) is 40.1 Å². The zero-order valence-electron chi connectivity index (χ0n) is 22.8. The van der Waals surface area contributed by atoms with Crippen molar-refractivity contribution < 1.29 is 23.6 Å². The number of amides is 3. The van der Waals surface area contributed by atoms with E-state index in [1.54, 1.807) is 24.3 Å². The highest BCUT2D eigenvalue weighted by atomic mass is 32.2. The number of hydrogen-bond acceptors (Lipinski definition) is 9. The van der Waals surface area contributed by atoms with E-state index in [1.807, 2.05) is 19.9 Å². The molecule has 1 aromatic carbocycles. The molecule has 39 heavy (non-hydrogen) atoms. The molecule has 2 fully saturated rings. The zero-order valence-corrected chi connectivity index (χ0v) is 23.6. The van der Waals surface area contributed by atoms with Gasteiger partial charge in [0.1, 0.15) is 5.92 Å². The number of morpholine rings is 1. The van der Waals surface area contributed by atoms with Gasteiger partial charge < -0.3 is 14.6 Å². The molecule has 4 rings (SSSR count). The molecule has 3 atom stereocenters. The number of imide groups is 1. The first-order valence-corrected chi connectivity index (χ1v) is 14.9. The summed E-state index contributed by atoms with van der Waals surface area (Å²) in [5, 5.41) is 10.1. The summed E-state index contributed by atoms with van der Waals surface area (Å²) in [4.78, 5) is 46.2. The Balaban J connectivity index is 1.35. The Morgan fingerprint density at radius 3 is 2.59 bits per heavy atom. The predicted octanol–water partition coefficient (Wildman–Crippen LogP) is 3.26. The molecule has 212 valence electrons. The first-order valence-electron chi connectivity index (χ1n) is 13.9. The first-order chi connectivity index (χ1) is 18.9. The fourth-order valence-corrected chi connectivity index (χ4v) is 5.84. The Kier molecular flexibility index (Phi) is 10.9. The minimum absolute atomic E-state index is 0.180. The van der Waals surface area contributed by atoms with E-state index in [-0.39, 0.29) is 23.8 Å². The van der Waals surface area contributed by atoms with E-state index >= 15 is 0 Å². The second-order valence-corrected chi connectivity index (χ2v) is 11.6. The highest BCUT2D eigenvalue weighted by Crippen LogP contribution is 2.28. The lowest BCUT2D eigenvalue weighted by Crippen LogP contribution is -2.50. The topological polar surface area (TPSA) is 127 Å². The molecular weight excluding hydrogens is 518 g/mol. The predicted molar refractivity (Wildman–Crippen MR) is 147 cm³/mol. The number of ether oxygens (including phenoxy) is 1. The van der Waals surface area contributed by atoms with Gasteiger partial charge in [-0.1, -0.05) is 61.8 Å². The number of aromatic nitrogens is 2. The first kappa shape index (κ1) is 29.2. The quantitative estimate of drug-likeness (QED) is 0.400. The van der Waals surface area contributed by atoms with Crippen LogP contribution < -0.4 is 10.6 Å². The standard InChI is InChI=1S/C28H39N5O5S/c1-19(2)18-22(24-30-28(38-32-24)39-17-14-33-12-15-37-16-13-33)27(36)31-26(35)21-10-6-7-11-23(21)29-25(34)20-8-4-3-5-9-20/h3-5,8-9,19,21-23H,6-7,10-18H2,1-2H3,(H,29,34)(H,31,35,36)/t21-,22?,23+/m1/s1. The minimum atomic E-state index is -0.702. The highest BCUT2D eigenvalue weighted by Gasteiger charge is 2.35. The van der Waals surface area contributed by atoms with Gasteiger partial charge in [-0.2, -0.15) is 4.98 Å². The average Bonchev–Trinajstić information content (AvgIpc) is 3.41. The molecular formula is C28H39N5O5S. The molecule has 1 aliphatic carbocycles.